The number of hydrogen-bond donors (Lipinski definition) is 0. The van der Waals surface area contributed by atoms with Crippen LogP contribution in [-0.2, 0) is 43.3 Å². The highest BCUT2D eigenvalue weighted by molar-refractivity contribution is 7.00. The van der Waals surface area contributed by atoms with E-state index in [1.807, 2.05) is 0 Å². The molecule has 0 bridgehead atoms. The zero-order valence-corrected chi connectivity index (χ0v) is 48.0. The van der Waals surface area contributed by atoms with Gasteiger partial charge < -0.3 is 9.80 Å². The minimum atomic E-state index is -0.0228. The Labute approximate surface area is 436 Å². The van der Waals surface area contributed by atoms with E-state index >= 15 is 0 Å². The average molecular weight is 953 g/mol. The summed E-state index contributed by atoms with van der Waals surface area (Å²) >= 11 is 0. The predicted octanol–water partition coefficient (Wildman–Crippen LogP) is 17.4. The molecule has 0 saturated heterocycles. The molecule has 0 atom stereocenters. The third-order valence-corrected chi connectivity index (χ3v) is 19.4. The molecule has 11 rings (SSSR count). The minimum Gasteiger partial charge on any atom is -0.311 e. The molecule has 6 aromatic rings. The molecule has 3 aliphatic carbocycles. The van der Waals surface area contributed by atoms with Crippen molar-refractivity contribution in [3.05, 3.63) is 147 Å². The standard InChI is InChI=1S/C69H85BN2/c1-42-34-59-61-60(35-42)72(56-27-24-45(63(5,6)7)36-47(56)43-20-22-44(23-21-43)62(2,3)4)58-41-53-51(67(14,15)31-33-69(53,18)19)39-55(58)70(61)54-38-50-52(68(16,17)32-30-66(50,12)13)40-57(54)71(59)46-25-26-48-49(37-46)65(10,11)29-28-64(48,8)9/h20-27,34-41H,28-33H2,1-19H3. The molecule has 2 aliphatic heterocycles. The molecule has 2 heterocycles. The molecule has 2 nitrogen and oxygen atoms in total. The van der Waals surface area contributed by atoms with Crippen LogP contribution in [0.3, 0.4) is 0 Å². The summed E-state index contributed by atoms with van der Waals surface area (Å²) in [5.41, 5.74) is 28.2. The Kier molecular flexibility index (Phi) is 10.6. The number of aryl methyl sites for hydroxylation is 1. The van der Waals surface area contributed by atoms with E-state index in [0.29, 0.717) is 0 Å². The lowest BCUT2D eigenvalue weighted by Gasteiger charge is -2.49. The number of anilines is 6. The van der Waals surface area contributed by atoms with Gasteiger partial charge in [0.2, 0.25) is 0 Å². The summed E-state index contributed by atoms with van der Waals surface area (Å²) in [6.45, 7) is 46.4. The molecule has 5 aliphatic rings. The summed E-state index contributed by atoms with van der Waals surface area (Å²) in [6.07, 6.45) is 7.10. The molecular formula is C69H85BN2. The molecule has 0 fully saturated rings. The summed E-state index contributed by atoms with van der Waals surface area (Å²) in [4.78, 5) is 5.47. The zero-order chi connectivity index (χ0) is 51.8. The number of hydrogen-bond acceptors (Lipinski definition) is 2. The van der Waals surface area contributed by atoms with Crippen LogP contribution in [-0.4, -0.2) is 6.71 Å². The smallest absolute Gasteiger partial charge is 0.252 e. The average Bonchev–Trinajstić information content (AvgIpc) is 3.29. The van der Waals surface area contributed by atoms with Crippen molar-refractivity contribution in [3.8, 4) is 11.1 Å². The first-order chi connectivity index (χ1) is 33.3. The van der Waals surface area contributed by atoms with Crippen molar-refractivity contribution in [3.63, 3.8) is 0 Å². The fourth-order valence-corrected chi connectivity index (χ4v) is 14.1. The Morgan fingerprint density at radius 2 is 0.778 bits per heavy atom. The second-order valence-corrected chi connectivity index (χ2v) is 29.6. The molecule has 3 heteroatoms. The van der Waals surface area contributed by atoms with Gasteiger partial charge in [0.05, 0.1) is 5.69 Å². The Balaban J connectivity index is 1.28. The number of benzene rings is 6. The minimum absolute atomic E-state index is 0.0228. The summed E-state index contributed by atoms with van der Waals surface area (Å²) in [5, 5.41) is 0. The fraction of sp³-hybridized carbons (Fsp3) is 0.478. The van der Waals surface area contributed by atoms with Gasteiger partial charge in [-0.05, 0) is 209 Å². The van der Waals surface area contributed by atoms with E-state index in [-0.39, 0.29) is 50.0 Å². The molecule has 0 N–H and O–H groups in total. The molecule has 6 aromatic carbocycles. The molecule has 72 heavy (non-hydrogen) atoms. The van der Waals surface area contributed by atoms with Crippen molar-refractivity contribution < 1.29 is 0 Å². The molecule has 0 saturated carbocycles. The van der Waals surface area contributed by atoms with Crippen LogP contribution in [0.4, 0.5) is 34.1 Å². The van der Waals surface area contributed by atoms with Gasteiger partial charge in [-0.2, -0.15) is 0 Å². The normalized spacial score (nSPS) is 20.4. The van der Waals surface area contributed by atoms with Gasteiger partial charge in [0.1, 0.15) is 0 Å². The van der Waals surface area contributed by atoms with Crippen LogP contribution in [0, 0.1) is 6.92 Å². The summed E-state index contributed by atoms with van der Waals surface area (Å²) < 4.78 is 0. The first-order valence-corrected chi connectivity index (χ1v) is 27.8. The van der Waals surface area contributed by atoms with E-state index in [0.717, 1.165) is 0 Å². The van der Waals surface area contributed by atoms with Gasteiger partial charge in [0.15, 0.2) is 0 Å². The number of rotatable bonds is 3. The van der Waals surface area contributed by atoms with E-state index in [2.05, 4.69) is 238 Å². The highest BCUT2D eigenvalue weighted by atomic mass is 15.2. The quantitative estimate of drug-likeness (QED) is 0.163. The topological polar surface area (TPSA) is 6.48 Å². The molecule has 0 spiro atoms. The van der Waals surface area contributed by atoms with Crippen LogP contribution in [0.2, 0.25) is 0 Å². The van der Waals surface area contributed by atoms with E-state index in [1.54, 1.807) is 0 Å². The van der Waals surface area contributed by atoms with Crippen molar-refractivity contribution in [2.45, 2.75) is 213 Å². The van der Waals surface area contributed by atoms with E-state index < -0.39 is 0 Å². The monoisotopic (exact) mass is 953 g/mol. The largest absolute Gasteiger partial charge is 0.311 e. The summed E-state index contributed by atoms with van der Waals surface area (Å²) in [6, 6.07) is 40.5. The van der Waals surface area contributed by atoms with Crippen LogP contribution >= 0.6 is 0 Å². The second kappa shape index (κ2) is 15.5. The van der Waals surface area contributed by atoms with Gasteiger partial charge in [0.25, 0.3) is 6.71 Å². The van der Waals surface area contributed by atoms with Crippen LogP contribution in [0.5, 0.6) is 0 Å². The van der Waals surface area contributed by atoms with Crippen LogP contribution in [0.15, 0.2) is 97.1 Å². The van der Waals surface area contributed by atoms with Crippen LogP contribution in [0.1, 0.15) is 213 Å². The maximum Gasteiger partial charge on any atom is 0.252 e. The van der Waals surface area contributed by atoms with Crippen molar-refractivity contribution in [1.82, 2.24) is 0 Å². The Bertz CT molecular complexity index is 3230. The van der Waals surface area contributed by atoms with Gasteiger partial charge in [-0.25, -0.2) is 0 Å². The van der Waals surface area contributed by atoms with E-state index in [1.165, 1.54) is 150 Å². The van der Waals surface area contributed by atoms with Gasteiger partial charge in [-0.1, -0.05) is 173 Å². The molecule has 0 amide bonds. The van der Waals surface area contributed by atoms with E-state index in [4.69, 9.17) is 0 Å². The summed E-state index contributed by atoms with van der Waals surface area (Å²) in [7, 11) is 0. The van der Waals surface area contributed by atoms with Gasteiger partial charge in [-0.15, -0.1) is 0 Å². The van der Waals surface area contributed by atoms with Gasteiger partial charge in [0, 0.05) is 34.0 Å². The van der Waals surface area contributed by atoms with E-state index in [9.17, 15) is 0 Å². The third-order valence-electron chi connectivity index (χ3n) is 19.4. The number of fused-ring (bicyclic) bond motifs is 7. The van der Waals surface area contributed by atoms with Crippen molar-refractivity contribution in [2.75, 3.05) is 9.80 Å². The first kappa shape index (κ1) is 49.2. The van der Waals surface area contributed by atoms with Crippen LogP contribution < -0.4 is 26.2 Å². The number of nitrogens with zero attached hydrogens (tertiary/aromatic N) is 2. The fourth-order valence-electron chi connectivity index (χ4n) is 14.1. The molecule has 0 radical (unpaired) electrons. The lowest BCUT2D eigenvalue weighted by molar-refractivity contribution is 0.332. The van der Waals surface area contributed by atoms with Crippen molar-refractivity contribution in [2.24, 2.45) is 0 Å². The lowest BCUT2D eigenvalue weighted by Crippen LogP contribution is -2.62. The third kappa shape index (κ3) is 7.53. The zero-order valence-electron chi connectivity index (χ0n) is 48.0. The van der Waals surface area contributed by atoms with Gasteiger partial charge in [-0.3, -0.25) is 0 Å². The van der Waals surface area contributed by atoms with Crippen molar-refractivity contribution in [1.29, 1.82) is 0 Å². The highest BCUT2D eigenvalue weighted by Gasteiger charge is 2.49. The predicted molar refractivity (Wildman–Crippen MR) is 314 cm³/mol. The van der Waals surface area contributed by atoms with Crippen LogP contribution in [0.25, 0.3) is 11.1 Å². The molecule has 0 aromatic heterocycles. The molecule has 0 unspecified atom stereocenters. The molecular weight excluding hydrogens is 868 g/mol. The maximum absolute atomic E-state index is 2.74. The maximum atomic E-state index is 2.74. The second-order valence-electron chi connectivity index (χ2n) is 29.6. The van der Waals surface area contributed by atoms with Crippen molar-refractivity contribution >= 4 is 57.2 Å². The first-order valence-electron chi connectivity index (χ1n) is 27.8. The lowest BCUT2D eigenvalue weighted by atomic mass is 9.32. The SMILES string of the molecule is Cc1cc2c3c(c1)N(c1ccc(C(C)(C)C)cc1-c1ccc(C(C)(C)C)cc1)c1cc4c(cc1B3c1cc3c(cc1N2c1ccc2c(c1)C(C)(C)CCC2(C)C)C(C)(C)CCC3(C)C)C(C)(C)CCC4(C)C. The Morgan fingerprint density at radius 1 is 0.375 bits per heavy atom. The Hall–Kier alpha value is -5.02. The molecule has 374 valence electrons. The summed E-state index contributed by atoms with van der Waals surface area (Å²) in [5.74, 6) is 0. The Morgan fingerprint density at radius 3 is 1.25 bits per heavy atom. The highest BCUT2D eigenvalue weighted by Crippen LogP contribution is 2.55. The van der Waals surface area contributed by atoms with Gasteiger partial charge >= 0.3 is 0 Å².